The molecule has 2 amide bonds. The maximum Gasteiger partial charge on any atom is 0.242 e. The Balaban J connectivity index is 1.54. The molecule has 0 aliphatic carbocycles. The van der Waals surface area contributed by atoms with Gasteiger partial charge in [0.05, 0.1) is 12.7 Å². The minimum atomic E-state index is -0.520. The predicted octanol–water partition coefficient (Wildman–Crippen LogP) is 1.50. The lowest BCUT2D eigenvalue weighted by Crippen LogP contribution is -2.48. The minimum absolute atomic E-state index is 0.0290. The van der Waals surface area contributed by atoms with Crippen LogP contribution in [0.3, 0.4) is 0 Å². The number of carbonyl (C=O) groups is 2. The van der Waals surface area contributed by atoms with Crippen molar-refractivity contribution in [2.75, 3.05) is 19.7 Å². The van der Waals surface area contributed by atoms with Gasteiger partial charge in [0, 0.05) is 37.1 Å². The lowest BCUT2D eigenvalue weighted by molar-refractivity contribution is -0.128. The Morgan fingerprint density at radius 2 is 2.00 bits per heavy atom. The first-order chi connectivity index (χ1) is 11.9. The van der Waals surface area contributed by atoms with E-state index in [1.54, 1.807) is 6.92 Å². The molecular weight excluding hydrogens is 342 g/mol. The van der Waals surface area contributed by atoms with E-state index >= 15 is 0 Å². The Morgan fingerprint density at radius 3 is 2.68 bits per heavy atom. The van der Waals surface area contributed by atoms with Gasteiger partial charge in [0.15, 0.2) is 0 Å². The zero-order chi connectivity index (χ0) is 18.0. The average molecular weight is 366 g/mol. The highest BCUT2D eigenvalue weighted by atomic mass is 35.5. The molecule has 0 saturated carbocycles. The summed E-state index contributed by atoms with van der Waals surface area (Å²) in [6, 6.07) is 7.64. The second kappa shape index (κ2) is 7.72. The van der Waals surface area contributed by atoms with Crippen LogP contribution in [0.25, 0.3) is 0 Å². The molecule has 1 aromatic rings. The van der Waals surface area contributed by atoms with Gasteiger partial charge in [-0.2, -0.15) is 0 Å². The number of hydrogen-bond acceptors (Lipinski definition) is 4. The lowest BCUT2D eigenvalue weighted by atomic mass is 10.1. The van der Waals surface area contributed by atoms with Crippen LogP contribution in [-0.2, 0) is 14.3 Å². The largest absolute Gasteiger partial charge is 0.371 e. The molecule has 2 heterocycles. The van der Waals surface area contributed by atoms with E-state index in [2.05, 4.69) is 15.5 Å². The Morgan fingerprint density at radius 1 is 1.28 bits per heavy atom. The first-order valence-corrected chi connectivity index (χ1v) is 8.98. The highest BCUT2D eigenvalue weighted by molar-refractivity contribution is 6.30. The molecule has 0 bridgehead atoms. The molecule has 2 fully saturated rings. The number of carbonyl (C=O) groups excluding carboxylic acids is 2. The molecule has 136 valence electrons. The number of amides is 2. The number of ether oxygens (including phenoxy) is 1. The lowest BCUT2D eigenvalue weighted by Gasteiger charge is -2.35. The smallest absolute Gasteiger partial charge is 0.242 e. The van der Waals surface area contributed by atoms with Crippen LogP contribution in [0, 0.1) is 0 Å². The standard InChI is InChI=1S/C18H24ClN3O3/c1-11(20-12(2)23)18(24)21-15-7-16-10-25-17(9-22(16)8-15)13-3-5-14(19)6-4-13/h3-6,11,15-17H,7-10H2,1-2H3,(H,20,23)(H,21,24)/t11-,15-,16-,17+/m0/s1. The maximum atomic E-state index is 12.2. The monoisotopic (exact) mass is 365 g/mol. The van der Waals surface area contributed by atoms with E-state index in [1.807, 2.05) is 24.3 Å². The van der Waals surface area contributed by atoms with Crippen molar-refractivity contribution < 1.29 is 14.3 Å². The van der Waals surface area contributed by atoms with Crippen LogP contribution >= 0.6 is 11.6 Å². The average Bonchev–Trinajstić information content (AvgIpc) is 2.96. The molecule has 2 aliphatic rings. The zero-order valence-corrected chi connectivity index (χ0v) is 15.3. The van der Waals surface area contributed by atoms with Crippen molar-refractivity contribution in [1.29, 1.82) is 0 Å². The molecule has 0 spiro atoms. The van der Waals surface area contributed by atoms with Crippen molar-refractivity contribution in [3.05, 3.63) is 34.9 Å². The molecule has 25 heavy (non-hydrogen) atoms. The first-order valence-electron chi connectivity index (χ1n) is 8.61. The van der Waals surface area contributed by atoms with Gasteiger partial charge in [0.25, 0.3) is 0 Å². The fourth-order valence-corrected chi connectivity index (χ4v) is 3.68. The van der Waals surface area contributed by atoms with Gasteiger partial charge < -0.3 is 15.4 Å². The third-order valence-electron chi connectivity index (χ3n) is 4.82. The summed E-state index contributed by atoms with van der Waals surface area (Å²) in [6.07, 6.45) is 0.896. The number of rotatable bonds is 4. The highest BCUT2D eigenvalue weighted by Gasteiger charge is 2.38. The summed E-state index contributed by atoms with van der Waals surface area (Å²) in [5, 5.41) is 6.36. The molecule has 7 heteroatoms. The van der Waals surface area contributed by atoms with Gasteiger partial charge in [0.1, 0.15) is 6.04 Å². The highest BCUT2D eigenvalue weighted by Crippen LogP contribution is 2.30. The van der Waals surface area contributed by atoms with Crippen molar-refractivity contribution >= 4 is 23.4 Å². The van der Waals surface area contributed by atoms with Gasteiger partial charge in [-0.1, -0.05) is 23.7 Å². The van der Waals surface area contributed by atoms with Crippen LogP contribution in [0.4, 0.5) is 0 Å². The predicted molar refractivity (Wildman–Crippen MR) is 95.3 cm³/mol. The second-order valence-corrected chi connectivity index (χ2v) is 7.28. The van der Waals surface area contributed by atoms with Crippen LogP contribution in [0.1, 0.15) is 31.9 Å². The molecule has 2 N–H and O–H groups in total. The van der Waals surface area contributed by atoms with E-state index in [-0.39, 0.29) is 24.0 Å². The molecular formula is C18H24ClN3O3. The van der Waals surface area contributed by atoms with Crippen molar-refractivity contribution in [2.24, 2.45) is 0 Å². The maximum absolute atomic E-state index is 12.2. The summed E-state index contributed by atoms with van der Waals surface area (Å²) in [7, 11) is 0. The van der Waals surface area contributed by atoms with Crippen LogP contribution < -0.4 is 10.6 Å². The molecule has 0 unspecified atom stereocenters. The van der Waals surface area contributed by atoms with Gasteiger partial charge in [-0.15, -0.1) is 0 Å². The van der Waals surface area contributed by atoms with Crippen molar-refractivity contribution in [1.82, 2.24) is 15.5 Å². The van der Waals surface area contributed by atoms with Gasteiger partial charge in [-0.3, -0.25) is 14.5 Å². The summed E-state index contributed by atoms with van der Waals surface area (Å²) in [6.45, 7) is 5.37. The van der Waals surface area contributed by atoms with E-state index in [9.17, 15) is 9.59 Å². The van der Waals surface area contributed by atoms with E-state index in [0.29, 0.717) is 12.6 Å². The SMILES string of the molecule is CC(=O)N[C@@H](C)C(=O)N[C@H]1C[C@H]2CO[C@@H](c3ccc(Cl)cc3)CN2C1. The van der Waals surface area contributed by atoms with Crippen LogP contribution in [0.2, 0.25) is 5.02 Å². The third-order valence-corrected chi connectivity index (χ3v) is 5.07. The summed E-state index contributed by atoms with van der Waals surface area (Å²) < 4.78 is 6.02. The van der Waals surface area contributed by atoms with E-state index < -0.39 is 6.04 Å². The number of nitrogens with zero attached hydrogens (tertiary/aromatic N) is 1. The summed E-state index contributed by atoms with van der Waals surface area (Å²) in [4.78, 5) is 25.6. The molecule has 2 aliphatic heterocycles. The Hall–Kier alpha value is -1.63. The van der Waals surface area contributed by atoms with Crippen LogP contribution in [0.15, 0.2) is 24.3 Å². The van der Waals surface area contributed by atoms with Crippen molar-refractivity contribution in [3.8, 4) is 0 Å². The Bertz CT molecular complexity index is 637. The third kappa shape index (κ3) is 4.51. The number of fused-ring (bicyclic) bond motifs is 1. The normalized spacial score (nSPS) is 27.4. The Labute approximate surface area is 152 Å². The fourth-order valence-electron chi connectivity index (χ4n) is 3.55. The Kier molecular flexibility index (Phi) is 5.61. The molecule has 1 aromatic carbocycles. The number of benzene rings is 1. The molecule has 0 radical (unpaired) electrons. The van der Waals surface area contributed by atoms with Gasteiger partial charge >= 0.3 is 0 Å². The molecule has 2 saturated heterocycles. The molecule has 3 rings (SSSR count). The summed E-state index contributed by atoms with van der Waals surface area (Å²) >= 11 is 5.95. The summed E-state index contributed by atoms with van der Waals surface area (Å²) in [5.74, 6) is -0.346. The van der Waals surface area contributed by atoms with E-state index in [1.165, 1.54) is 6.92 Å². The summed E-state index contributed by atoms with van der Waals surface area (Å²) in [5.41, 5.74) is 1.12. The molecule has 6 nitrogen and oxygen atoms in total. The quantitative estimate of drug-likeness (QED) is 0.848. The first kappa shape index (κ1) is 18.2. The zero-order valence-electron chi connectivity index (χ0n) is 14.5. The number of nitrogens with one attached hydrogen (secondary N) is 2. The molecule has 0 aromatic heterocycles. The topological polar surface area (TPSA) is 70.7 Å². The number of morpholine rings is 1. The number of hydrogen-bond donors (Lipinski definition) is 2. The van der Waals surface area contributed by atoms with Gasteiger partial charge in [0.2, 0.25) is 11.8 Å². The number of halogens is 1. The van der Waals surface area contributed by atoms with E-state index in [0.717, 1.165) is 30.1 Å². The van der Waals surface area contributed by atoms with E-state index in [4.69, 9.17) is 16.3 Å². The fraction of sp³-hybridized carbons (Fsp3) is 0.556. The van der Waals surface area contributed by atoms with Gasteiger partial charge in [-0.05, 0) is 31.0 Å². The molecule has 4 atom stereocenters. The van der Waals surface area contributed by atoms with Crippen molar-refractivity contribution in [3.63, 3.8) is 0 Å². The van der Waals surface area contributed by atoms with Gasteiger partial charge in [-0.25, -0.2) is 0 Å². The van der Waals surface area contributed by atoms with Crippen molar-refractivity contribution in [2.45, 2.75) is 44.5 Å². The minimum Gasteiger partial charge on any atom is -0.371 e. The van der Waals surface area contributed by atoms with Crippen LogP contribution in [0.5, 0.6) is 0 Å². The van der Waals surface area contributed by atoms with Crippen LogP contribution in [-0.4, -0.2) is 54.5 Å². The second-order valence-electron chi connectivity index (χ2n) is 6.84.